The lowest BCUT2D eigenvalue weighted by molar-refractivity contribution is 0.00578. The Hall–Kier alpha value is -10.9. The highest BCUT2D eigenvalue weighted by molar-refractivity contribution is 9.10. The molecule has 1 aliphatic heterocycles. The van der Waals surface area contributed by atoms with Crippen LogP contribution in [0.5, 0.6) is 0 Å². The molecule has 1 saturated heterocycles. The first kappa shape index (κ1) is 74.8. The van der Waals surface area contributed by atoms with Crippen molar-refractivity contribution < 1.29 is 19.4 Å². The Morgan fingerprint density at radius 1 is 0.302 bits per heavy atom. The highest BCUT2D eigenvalue weighted by atomic mass is 79.9. The van der Waals surface area contributed by atoms with Gasteiger partial charge in [0, 0.05) is 76.8 Å². The minimum absolute atomic E-state index is 0.326. The summed E-state index contributed by atoms with van der Waals surface area (Å²) in [6, 6.07) is 84.9. The van der Waals surface area contributed by atoms with Crippen LogP contribution in [0.3, 0.4) is 0 Å². The number of nitrogens with zero attached hydrogens (tertiary/aromatic N) is 10. The fraction of sp³-hybridized carbons (Fsp3) is 0.159. The van der Waals surface area contributed by atoms with Gasteiger partial charge in [-0.25, -0.2) is 49.8 Å². The second-order valence-electron chi connectivity index (χ2n) is 27.4. The third-order valence-corrected chi connectivity index (χ3v) is 18.6. The van der Waals surface area contributed by atoms with E-state index >= 15 is 0 Å². The molecule has 526 valence electrons. The molecule has 0 radical (unpaired) electrons. The maximum Gasteiger partial charge on any atom is 0.494 e. The van der Waals surface area contributed by atoms with E-state index in [2.05, 4.69) is 153 Å². The lowest BCUT2D eigenvalue weighted by atomic mass is 9.79. The van der Waals surface area contributed by atoms with Gasteiger partial charge in [-0.1, -0.05) is 256 Å². The fourth-order valence-electron chi connectivity index (χ4n) is 12.2. The van der Waals surface area contributed by atoms with Crippen molar-refractivity contribution in [3.05, 3.63) is 309 Å². The van der Waals surface area contributed by atoms with Crippen LogP contribution in [0.4, 0.5) is 0 Å². The van der Waals surface area contributed by atoms with Gasteiger partial charge in [-0.2, -0.15) is 0 Å². The van der Waals surface area contributed by atoms with Crippen molar-refractivity contribution in [1.29, 1.82) is 0 Å². The Morgan fingerprint density at radius 2 is 0.585 bits per heavy atom. The molecule has 14 nitrogen and oxygen atoms in total. The molecule has 10 aromatic carbocycles. The van der Waals surface area contributed by atoms with Crippen molar-refractivity contribution in [2.45, 2.75) is 94.3 Å². The molecule has 1 fully saturated rings. The molecule has 18 heteroatoms. The fourth-order valence-corrected chi connectivity index (χ4v) is 13.1. The van der Waals surface area contributed by atoms with Crippen LogP contribution in [0.15, 0.2) is 259 Å². The molecule has 0 spiro atoms. The summed E-state index contributed by atoms with van der Waals surface area (Å²) in [5, 5.41) is 18.3. The van der Waals surface area contributed by atoms with Gasteiger partial charge in [0.25, 0.3) is 0 Å². The molecule has 4 aromatic heterocycles. The maximum atomic E-state index is 8.83. The van der Waals surface area contributed by atoms with Gasteiger partial charge in [-0.15, -0.1) is 0 Å². The van der Waals surface area contributed by atoms with E-state index in [0.29, 0.717) is 45.4 Å². The zero-order chi connectivity index (χ0) is 74.8. The summed E-state index contributed by atoms with van der Waals surface area (Å²) >= 11 is 9.69. The summed E-state index contributed by atoms with van der Waals surface area (Å²) in [6.45, 7) is 24.3. The molecule has 0 bridgehead atoms. The maximum absolute atomic E-state index is 8.83. The van der Waals surface area contributed by atoms with Crippen LogP contribution in [0.2, 0.25) is 5.02 Å². The van der Waals surface area contributed by atoms with Crippen molar-refractivity contribution in [1.82, 2.24) is 49.8 Å². The number of hydrogen-bond acceptors (Lipinski definition) is 14. The normalized spacial score (nSPS) is 12.6. The van der Waals surface area contributed by atoms with Crippen molar-refractivity contribution in [3.63, 3.8) is 0 Å². The molecule has 15 rings (SSSR count). The first-order chi connectivity index (χ1) is 50.8. The third-order valence-electron chi connectivity index (χ3n) is 17.9. The van der Waals surface area contributed by atoms with E-state index in [9.17, 15) is 0 Å². The molecule has 14 aromatic rings. The quantitative estimate of drug-likeness (QED) is 0.110. The molecule has 0 atom stereocenters. The molecule has 5 heterocycles. The Morgan fingerprint density at radius 3 is 0.943 bits per heavy atom. The van der Waals surface area contributed by atoms with Crippen LogP contribution < -0.4 is 10.9 Å². The van der Waals surface area contributed by atoms with E-state index in [1.165, 1.54) is 11.1 Å². The molecule has 0 aliphatic carbocycles. The monoisotopic (exact) mass is 1480 g/mol. The second-order valence-corrected chi connectivity index (χ2v) is 28.8. The average molecular weight is 1480 g/mol. The van der Waals surface area contributed by atoms with Gasteiger partial charge in [0.2, 0.25) is 0 Å². The topological polar surface area (TPSA) is 188 Å². The van der Waals surface area contributed by atoms with E-state index < -0.39 is 7.12 Å². The Kier molecular flexibility index (Phi) is 23.3. The molecule has 2 N–H and O–H groups in total. The number of benzene rings is 10. The van der Waals surface area contributed by atoms with Crippen molar-refractivity contribution in [2.75, 3.05) is 0 Å². The van der Waals surface area contributed by atoms with Crippen LogP contribution in [0, 0.1) is 55.4 Å². The lowest BCUT2D eigenvalue weighted by Gasteiger charge is -2.32. The average Bonchev–Trinajstić information content (AvgIpc) is 1.57. The van der Waals surface area contributed by atoms with Gasteiger partial charge in [0.05, 0.1) is 11.2 Å². The Balaban J connectivity index is 0.000000148. The van der Waals surface area contributed by atoms with Gasteiger partial charge in [-0.3, -0.25) is 0 Å². The van der Waals surface area contributed by atoms with Crippen molar-refractivity contribution in [3.8, 4) is 113 Å². The van der Waals surface area contributed by atoms with Crippen molar-refractivity contribution >= 4 is 52.7 Å². The first-order valence-corrected chi connectivity index (χ1v) is 36.1. The van der Waals surface area contributed by atoms with E-state index in [-0.39, 0.29) is 18.3 Å². The molecule has 0 saturated carbocycles. The smallest absolute Gasteiger partial charge is 0.423 e. The molecular formula is C88H80B2BrClN10O4. The summed E-state index contributed by atoms with van der Waals surface area (Å²) in [4.78, 5) is 47.3. The summed E-state index contributed by atoms with van der Waals surface area (Å²) in [5.74, 6) is 5.24. The number of hydrogen-bond donors (Lipinski definition) is 2. The summed E-state index contributed by atoms with van der Waals surface area (Å²) in [7, 11) is -1.69. The van der Waals surface area contributed by atoms with E-state index in [1.807, 2.05) is 224 Å². The van der Waals surface area contributed by atoms with Gasteiger partial charge >= 0.3 is 14.2 Å². The van der Waals surface area contributed by atoms with Gasteiger partial charge in [0.15, 0.2) is 46.6 Å². The Bertz CT molecular complexity index is 5180. The van der Waals surface area contributed by atoms with Crippen LogP contribution >= 0.6 is 27.5 Å². The summed E-state index contributed by atoms with van der Waals surface area (Å²) < 4.78 is 13.0. The predicted molar refractivity (Wildman–Crippen MR) is 434 cm³/mol. The summed E-state index contributed by atoms with van der Waals surface area (Å²) in [6.07, 6.45) is 0. The molecular weight excluding hydrogens is 1400 g/mol. The highest BCUT2D eigenvalue weighted by Gasteiger charge is 2.51. The van der Waals surface area contributed by atoms with Gasteiger partial charge in [-0.05, 0) is 165 Å². The number of aryl methyl sites for hydroxylation is 8. The second kappa shape index (κ2) is 33.1. The van der Waals surface area contributed by atoms with E-state index in [0.717, 1.165) is 122 Å². The molecule has 106 heavy (non-hydrogen) atoms. The van der Waals surface area contributed by atoms with Crippen LogP contribution in [0.1, 0.15) is 72.7 Å². The number of rotatable bonds is 12. The van der Waals surface area contributed by atoms with Crippen LogP contribution in [-0.4, -0.2) is 85.3 Å². The minimum Gasteiger partial charge on any atom is -0.423 e. The van der Waals surface area contributed by atoms with Gasteiger partial charge in [0.1, 0.15) is 0 Å². The SMILES string of the molecule is Cc1cc(C)cc(-c2cc(-c3ccc(-c4nc(C)cc(C)n4)cc3)cc(-c3nc(-c4ccccc4)nc(-c4ccccc4)n3)c2)c1.Cc1cc(C)cc(B(O)O)c1.Cc1cc(C)nc(-c2ccc(B3OC(C)(C)C(C)(C)O3)cc2)n1.Clc1cc(Br)cc(-c2nc(-c3ccccc3)nc(-c3ccccc3)n2)c1. The molecule has 0 unspecified atom stereocenters. The molecule has 0 amide bonds. The van der Waals surface area contributed by atoms with E-state index in [1.54, 1.807) is 12.1 Å². The highest BCUT2D eigenvalue weighted by Crippen LogP contribution is 2.38. The predicted octanol–water partition coefficient (Wildman–Crippen LogP) is 19.2. The minimum atomic E-state index is -1.35. The largest absolute Gasteiger partial charge is 0.494 e. The Labute approximate surface area is 634 Å². The van der Waals surface area contributed by atoms with Crippen LogP contribution in [-0.2, 0) is 9.31 Å². The van der Waals surface area contributed by atoms with Crippen molar-refractivity contribution in [2.24, 2.45) is 0 Å². The number of aromatic nitrogens is 10. The van der Waals surface area contributed by atoms with E-state index in [4.69, 9.17) is 45.9 Å². The standard InChI is InChI=1S/C41H33N5.C21H13BrClN3.C18H23BN2O2.C8H11BO2/c1-26-19-27(2)21-34(20-26)36-23-35(30-15-17-33(18-16-30)38-42-28(3)22-29(4)43-38)24-37(25-36)41-45-39(31-11-7-5-8-12-31)44-40(46-41)32-13-9-6-10-14-32;22-17-11-16(12-18(23)13-17)21-25-19(14-7-3-1-4-8-14)24-20(26-21)15-9-5-2-6-10-15;1-12-11-13(2)21-16(20-12)14-7-9-15(10-8-14)19-22-17(3,4)18(5,6)23-19;1-6-3-7(2)5-8(4-6)9(10)11/h5-25H,1-4H3;1-13H;7-11H,1-6H3;3-5,10-11H,1-2H3. The summed E-state index contributed by atoms with van der Waals surface area (Å²) in [5.41, 5.74) is 21.2. The lowest BCUT2D eigenvalue weighted by Crippen LogP contribution is -2.41. The number of halogens is 2. The van der Waals surface area contributed by atoms with Gasteiger partial charge < -0.3 is 19.4 Å². The zero-order valence-electron chi connectivity index (χ0n) is 61.3. The third kappa shape index (κ3) is 19.0. The first-order valence-electron chi connectivity index (χ1n) is 34.9. The molecule has 1 aliphatic rings. The zero-order valence-corrected chi connectivity index (χ0v) is 63.7. The van der Waals surface area contributed by atoms with Crippen LogP contribution in [0.25, 0.3) is 113 Å².